The molecule has 0 spiro atoms. The van der Waals surface area contributed by atoms with Crippen LogP contribution in [-0.4, -0.2) is 13.6 Å². The van der Waals surface area contributed by atoms with Crippen LogP contribution in [0.3, 0.4) is 0 Å². The highest BCUT2D eigenvalue weighted by atomic mass is 14.8. The molecule has 0 aliphatic heterocycles. The molecular weight excluding hydrogens is 218 g/mol. The number of hydrogen-bond donors (Lipinski definition) is 1. The zero-order chi connectivity index (χ0) is 12.4. The summed E-state index contributed by atoms with van der Waals surface area (Å²) >= 11 is 0. The summed E-state index contributed by atoms with van der Waals surface area (Å²) in [6, 6.07) is 11.3. The third-order valence-corrected chi connectivity index (χ3v) is 5.30. The first-order chi connectivity index (χ1) is 8.90. The summed E-state index contributed by atoms with van der Waals surface area (Å²) in [6.45, 7) is 1.18. The van der Waals surface area contributed by atoms with E-state index in [2.05, 4.69) is 42.7 Å². The second kappa shape index (κ2) is 5.44. The molecule has 98 valence electrons. The minimum Gasteiger partial charge on any atom is -0.320 e. The summed E-state index contributed by atoms with van der Waals surface area (Å²) in [6.07, 6.45) is 7.28. The van der Waals surface area contributed by atoms with Gasteiger partial charge in [0.05, 0.1) is 0 Å². The van der Waals surface area contributed by atoms with Gasteiger partial charge in [-0.2, -0.15) is 0 Å². The van der Waals surface area contributed by atoms with Gasteiger partial charge in [-0.25, -0.2) is 0 Å². The molecule has 1 aromatic carbocycles. The topological polar surface area (TPSA) is 12.0 Å². The Kier molecular flexibility index (Phi) is 3.69. The summed E-state index contributed by atoms with van der Waals surface area (Å²) in [7, 11) is 2.08. The van der Waals surface area contributed by atoms with Gasteiger partial charge >= 0.3 is 0 Å². The molecule has 3 aliphatic rings. The van der Waals surface area contributed by atoms with Gasteiger partial charge in [-0.3, -0.25) is 0 Å². The Hall–Kier alpha value is -0.820. The van der Waals surface area contributed by atoms with Crippen molar-refractivity contribution < 1.29 is 0 Å². The van der Waals surface area contributed by atoms with Gasteiger partial charge in [0.2, 0.25) is 0 Å². The quantitative estimate of drug-likeness (QED) is 0.848. The maximum atomic E-state index is 3.35. The van der Waals surface area contributed by atoms with Crippen LogP contribution in [0.2, 0.25) is 0 Å². The first-order valence-corrected chi connectivity index (χ1v) is 7.59. The van der Waals surface area contributed by atoms with E-state index < -0.39 is 0 Å². The summed E-state index contributed by atoms with van der Waals surface area (Å²) in [5.74, 6) is 3.72. The van der Waals surface area contributed by atoms with Gasteiger partial charge in [0.15, 0.2) is 0 Å². The van der Waals surface area contributed by atoms with Gasteiger partial charge in [-0.05, 0) is 74.9 Å². The zero-order valence-electron chi connectivity index (χ0n) is 11.4. The molecular formula is C17H25N. The lowest BCUT2D eigenvalue weighted by Crippen LogP contribution is -2.39. The number of nitrogens with one attached hydrogen (secondary N) is 1. The molecule has 3 aliphatic carbocycles. The monoisotopic (exact) mass is 243 g/mol. The predicted octanol–water partition coefficient (Wildman–Crippen LogP) is 3.82. The van der Waals surface area contributed by atoms with E-state index in [0.29, 0.717) is 0 Å². The standard InChI is InChI=1S/C17H25N/c1-18-12-11-16-13-7-9-15(10-8-13)17(16)14-5-3-2-4-6-14/h2-6,13,15-18H,7-12H2,1H3/t13?,15?,16-,17+/m1/s1. The Balaban J connectivity index is 1.84. The van der Waals surface area contributed by atoms with Crippen molar-refractivity contribution in [2.75, 3.05) is 13.6 Å². The Bertz CT molecular complexity index is 364. The molecule has 2 atom stereocenters. The van der Waals surface area contributed by atoms with Crippen LogP contribution in [0.1, 0.15) is 43.6 Å². The fraction of sp³-hybridized carbons (Fsp3) is 0.647. The molecule has 2 bridgehead atoms. The predicted molar refractivity (Wildman–Crippen MR) is 76.7 cm³/mol. The van der Waals surface area contributed by atoms with Crippen molar-refractivity contribution in [3.63, 3.8) is 0 Å². The number of hydrogen-bond acceptors (Lipinski definition) is 1. The smallest absolute Gasteiger partial charge is 0.00490 e. The Morgan fingerprint density at radius 3 is 2.33 bits per heavy atom. The van der Waals surface area contributed by atoms with Crippen LogP contribution in [0.5, 0.6) is 0 Å². The molecule has 1 heteroatoms. The van der Waals surface area contributed by atoms with Crippen molar-refractivity contribution in [2.24, 2.45) is 17.8 Å². The molecule has 1 N–H and O–H groups in total. The van der Waals surface area contributed by atoms with E-state index in [4.69, 9.17) is 0 Å². The highest BCUT2D eigenvalue weighted by Crippen LogP contribution is 2.54. The van der Waals surface area contributed by atoms with Crippen molar-refractivity contribution in [3.8, 4) is 0 Å². The van der Waals surface area contributed by atoms with Gasteiger partial charge in [0, 0.05) is 0 Å². The largest absolute Gasteiger partial charge is 0.320 e. The van der Waals surface area contributed by atoms with Crippen LogP contribution >= 0.6 is 0 Å². The zero-order valence-corrected chi connectivity index (χ0v) is 11.4. The van der Waals surface area contributed by atoms with E-state index >= 15 is 0 Å². The number of fused-ring (bicyclic) bond motifs is 3. The van der Waals surface area contributed by atoms with E-state index in [9.17, 15) is 0 Å². The molecule has 0 amide bonds. The normalized spacial score (nSPS) is 34.7. The molecule has 1 aromatic rings. The fourth-order valence-corrected chi connectivity index (χ4v) is 4.50. The lowest BCUT2D eigenvalue weighted by atomic mass is 9.56. The molecule has 0 unspecified atom stereocenters. The first kappa shape index (κ1) is 12.2. The SMILES string of the molecule is CNCC[C@@H]1C2CCC(CC2)[C@@H]1c1ccccc1. The van der Waals surface area contributed by atoms with Crippen molar-refractivity contribution >= 4 is 0 Å². The van der Waals surface area contributed by atoms with E-state index in [0.717, 1.165) is 23.7 Å². The molecule has 3 fully saturated rings. The third kappa shape index (κ3) is 2.21. The minimum absolute atomic E-state index is 0.840. The molecule has 0 radical (unpaired) electrons. The summed E-state index contributed by atoms with van der Waals surface area (Å²) in [5.41, 5.74) is 1.60. The van der Waals surface area contributed by atoms with Gasteiger partial charge in [0.1, 0.15) is 0 Å². The second-order valence-electron chi connectivity index (χ2n) is 6.17. The van der Waals surface area contributed by atoms with Crippen LogP contribution in [0.4, 0.5) is 0 Å². The number of rotatable bonds is 4. The average molecular weight is 243 g/mol. The van der Waals surface area contributed by atoms with E-state index in [1.165, 1.54) is 38.6 Å². The molecule has 1 nitrogen and oxygen atoms in total. The van der Waals surface area contributed by atoms with Crippen LogP contribution in [0.15, 0.2) is 30.3 Å². The van der Waals surface area contributed by atoms with Crippen molar-refractivity contribution in [1.82, 2.24) is 5.32 Å². The van der Waals surface area contributed by atoms with Gasteiger partial charge < -0.3 is 5.32 Å². The molecule has 0 saturated heterocycles. The van der Waals surface area contributed by atoms with Crippen molar-refractivity contribution in [1.29, 1.82) is 0 Å². The van der Waals surface area contributed by atoms with Crippen LogP contribution in [0.25, 0.3) is 0 Å². The maximum Gasteiger partial charge on any atom is -0.00490 e. The van der Waals surface area contributed by atoms with Crippen LogP contribution in [0, 0.1) is 17.8 Å². The van der Waals surface area contributed by atoms with Gasteiger partial charge in [-0.1, -0.05) is 30.3 Å². The maximum absolute atomic E-state index is 3.35. The highest BCUT2D eigenvalue weighted by Gasteiger charge is 2.43. The Labute approximate surface area is 111 Å². The molecule has 18 heavy (non-hydrogen) atoms. The Morgan fingerprint density at radius 1 is 1.00 bits per heavy atom. The van der Waals surface area contributed by atoms with Crippen molar-refractivity contribution in [2.45, 2.75) is 38.0 Å². The second-order valence-corrected chi connectivity index (χ2v) is 6.17. The molecule has 3 saturated carbocycles. The van der Waals surface area contributed by atoms with Gasteiger partial charge in [0.25, 0.3) is 0 Å². The fourth-order valence-electron chi connectivity index (χ4n) is 4.50. The average Bonchev–Trinajstić information content (AvgIpc) is 2.46. The van der Waals surface area contributed by atoms with Crippen molar-refractivity contribution in [3.05, 3.63) is 35.9 Å². The van der Waals surface area contributed by atoms with E-state index in [-0.39, 0.29) is 0 Å². The molecule has 0 aromatic heterocycles. The lowest BCUT2D eigenvalue weighted by Gasteiger charge is -2.49. The minimum atomic E-state index is 0.840. The molecule has 0 heterocycles. The van der Waals surface area contributed by atoms with E-state index in [1.807, 2.05) is 0 Å². The van der Waals surface area contributed by atoms with Crippen LogP contribution in [-0.2, 0) is 0 Å². The summed E-state index contributed by atoms with van der Waals surface area (Å²) in [5, 5.41) is 3.35. The summed E-state index contributed by atoms with van der Waals surface area (Å²) < 4.78 is 0. The number of benzene rings is 1. The van der Waals surface area contributed by atoms with E-state index in [1.54, 1.807) is 5.56 Å². The lowest BCUT2D eigenvalue weighted by molar-refractivity contribution is 0.0627. The third-order valence-electron chi connectivity index (χ3n) is 5.30. The summed E-state index contributed by atoms with van der Waals surface area (Å²) in [4.78, 5) is 0. The van der Waals surface area contributed by atoms with Gasteiger partial charge in [-0.15, -0.1) is 0 Å². The first-order valence-electron chi connectivity index (χ1n) is 7.59. The van der Waals surface area contributed by atoms with Crippen LogP contribution < -0.4 is 5.32 Å². The molecule has 4 rings (SSSR count). The Morgan fingerprint density at radius 2 is 1.67 bits per heavy atom. The highest BCUT2D eigenvalue weighted by molar-refractivity contribution is 5.23.